The maximum atomic E-state index is 12.8. The molecule has 0 aliphatic carbocycles. The molecule has 0 N–H and O–H groups in total. The lowest BCUT2D eigenvalue weighted by Gasteiger charge is -2.17. The number of nitro groups is 1. The van der Waals surface area contributed by atoms with Gasteiger partial charge in [-0.1, -0.05) is 17.8 Å². The molecule has 4 rings (SSSR count). The third-order valence-electron chi connectivity index (χ3n) is 4.80. The Bertz CT molecular complexity index is 1130. The number of tetrazole rings is 1. The van der Waals surface area contributed by atoms with E-state index in [2.05, 4.69) is 15.5 Å². The van der Waals surface area contributed by atoms with Gasteiger partial charge in [0.05, 0.1) is 17.8 Å². The third-order valence-corrected chi connectivity index (χ3v) is 5.70. The van der Waals surface area contributed by atoms with Crippen molar-refractivity contribution >= 4 is 29.0 Å². The van der Waals surface area contributed by atoms with E-state index in [1.165, 1.54) is 23.9 Å². The number of ether oxygens (including phenoxy) is 1. The maximum Gasteiger partial charge on any atom is 0.269 e. The Morgan fingerprint density at radius 2 is 2.10 bits per heavy atom. The van der Waals surface area contributed by atoms with Gasteiger partial charge in [0, 0.05) is 24.4 Å². The van der Waals surface area contributed by atoms with Gasteiger partial charge in [0.2, 0.25) is 11.1 Å². The van der Waals surface area contributed by atoms with Crippen LogP contribution >= 0.6 is 11.8 Å². The summed E-state index contributed by atoms with van der Waals surface area (Å²) in [5.74, 6) is 0.639. The Kier molecular flexibility index (Phi) is 5.36. The first-order valence-corrected chi connectivity index (χ1v) is 10.1. The number of anilines is 1. The maximum absolute atomic E-state index is 12.8. The van der Waals surface area contributed by atoms with Gasteiger partial charge in [-0.15, -0.1) is 5.10 Å². The third kappa shape index (κ3) is 3.71. The number of nitrogens with zero attached hydrogens (tertiary/aromatic N) is 6. The molecule has 3 aromatic rings. The van der Waals surface area contributed by atoms with Crippen LogP contribution in [0.3, 0.4) is 0 Å². The second kappa shape index (κ2) is 8.11. The first-order chi connectivity index (χ1) is 14.5. The number of carbonyl (C=O) groups is 1. The first kappa shape index (κ1) is 19.8. The van der Waals surface area contributed by atoms with Gasteiger partial charge in [-0.2, -0.15) is 4.68 Å². The highest BCUT2D eigenvalue weighted by Crippen LogP contribution is 2.32. The van der Waals surface area contributed by atoms with Crippen molar-refractivity contribution in [2.24, 2.45) is 0 Å². The van der Waals surface area contributed by atoms with E-state index in [1.54, 1.807) is 22.8 Å². The molecule has 1 aromatic heterocycles. The van der Waals surface area contributed by atoms with Crippen molar-refractivity contribution in [2.75, 3.05) is 24.3 Å². The molecule has 0 saturated heterocycles. The number of fused-ring (bicyclic) bond motifs is 1. The summed E-state index contributed by atoms with van der Waals surface area (Å²) in [6.07, 6.45) is 0.589. The highest BCUT2D eigenvalue weighted by molar-refractivity contribution is 7.99. The average molecular weight is 426 g/mol. The molecular formula is C19H18N6O4S. The lowest BCUT2D eigenvalue weighted by molar-refractivity contribution is -0.384. The fourth-order valence-corrected chi connectivity index (χ4v) is 4.11. The normalized spacial score (nSPS) is 12.7. The summed E-state index contributed by atoms with van der Waals surface area (Å²) < 4.78 is 6.95. The summed E-state index contributed by atoms with van der Waals surface area (Å²) in [6, 6.07) is 10.3. The Morgan fingerprint density at radius 3 is 2.87 bits per heavy atom. The molecule has 0 fully saturated rings. The second-order valence-corrected chi connectivity index (χ2v) is 7.65. The van der Waals surface area contributed by atoms with Crippen LogP contribution in [0.15, 0.2) is 41.6 Å². The van der Waals surface area contributed by atoms with Crippen LogP contribution in [0.1, 0.15) is 11.1 Å². The van der Waals surface area contributed by atoms with Gasteiger partial charge in [0.1, 0.15) is 11.4 Å². The zero-order valence-corrected chi connectivity index (χ0v) is 17.1. The fraction of sp³-hybridized carbons (Fsp3) is 0.263. The van der Waals surface area contributed by atoms with Gasteiger partial charge in [-0.05, 0) is 53.1 Å². The Morgan fingerprint density at radius 1 is 1.27 bits per heavy atom. The number of non-ortho nitro benzene ring substituents is 1. The molecule has 2 aromatic carbocycles. The second-order valence-electron chi connectivity index (χ2n) is 6.70. The zero-order valence-electron chi connectivity index (χ0n) is 16.3. The fourth-order valence-electron chi connectivity index (χ4n) is 3.35. The largest absolute Gasteiger partial charge is 0.494 e. The minimum Gasteiger partial charge on any atom is -0.494 e. The molecule has 10 nitrogen and oxygen atoms in total. The molecule has 2 heterocycles. The van der Waals surface area contributed by atoms with Crippen molar-refractivity contribution in [1.82, 2.24) is 20.2 Å². The Hall–Kier alpha value is -3.47. The Labute approximate surface area is 176 Å². The van der Waals surface area contributed by atoms with Gasteiger partial charge < -0.3 is 9.64 Å². The van der Waals surface area contributed by atoms with Gasteiger partial charge >= 0.3 is 0 Å². The minimum absolute atomic E-state index is 0.0312. The highest BCUT2D eigenvalue weighted by Gasteiger charge is 2.27. The molecule has 0 saturated carbocycles. The number of methoxy groups -OCH3 is 1. The first-order valence-electron chi connectivity index (χ1n) is 9.12. The number of aromatic nitrogens is 4. The summed E-state index contributed by atoms with van der Waals surface area (Å²) in [4.78, 5) is 25.0. The van der Waals surface area contributed by atoms with Gasteiger partial charge in [-0.25, -0.2) is 0 Å². The number of aryl methyl sites for hydroxylation is 1. The number of thioether (sulfide) groups is 1. The summed E-state index contributed by atoms with van der Waals surface area (Å²) >= 11 is 1.22. The molecule has 1 aliphatic heterocycles. The van der Waals surface area contributed by atoms with Crippen molar-refractivity contribution in [2.45, 2.75) is 18.5 Å². The molecule has 154 valence electrons. The smallest absolute Gasteiger partial charge is 0.269 e. The Balaban J connectivity index is 1.50. The number of rotatable bonds is 6. The molecule has 1 aliphatic rings. The van der Waals surface area contributed by atoms with E-state index in [4.69, 9.17) is 4.74 Å². The van der Waals surface area contributed by atoms with Gasteiger partial charge in [0.25, 0.3) is 5.69 Å². The van der Waals surface area contributed by atoms with Crippen LogP contribution in [0, 0.1) is 17.0 Å². The van der Waals surface area contributed by atoms with E-state index < -0.39 is 4.92 Å². The number of benzene rings is 2. The van der Waals surface area contributed by atoms with Crippen molar-refractivity contribution in [3.63, 3.8) is 0 Å². The summed E-state index contributed by atoms with van der Waals surface area (Å²) in [5.41, 5.74) is 3.26. The van der Waals surface area contributed by atoms with Crippen LogP contribution in [-0.2, 0) is 11.2 Å². The molecule has 0 spiro atoms. The predicted molar refractivity (Wildman–Crippen MR) is 110 cm³/mol. The van der Waals surface area contributed by atoms with E-state index in [1.807, 2.05) is 25.1 Å². The van der Waals surface area contributed by atoms with Crippen LogP contribution < -0.4 is 9.64 Å². The van der Waals surface area contributed by atoms with Gasteiger partial charge in [-0.3, -0.25) is 14.9 Å². The molecule has 0 atom stereocenters. The number of hydrogen-bond acceptors (Lipinski definition) is 8. The van der Waals surface area contributed by atoms with E-state index in [9.17, 15) is 14.9 Å². The monoisotopic (exact) mass is 426 g/mol. The minimum atomic E-state index is -0.431. The van der Waals surface area contributed by atoms with Crippen LogP contribution in [-0.4, -0.2) is 50.4 Å². The number of carbonyl (C=O) groups excluding carboxylic acids is 1. The van der Waals surface area contributed by atoms with Crippen molar-refractivity contribution in [3.8, 4) is 11.4 Å². The average Bonchev–Trinajstić information content (AvgIpc) is 3.38. The quantitative estimate of drug-likeness (QED) is 0.335. The zero-order chi connectivity index (χ0) is 21.3. The molecule has 11 heteroatoms. The number of nitro benzene ring substituents is 1. The van der Waals surface area contributed by atoms with Crippen molar-refractivity contribution < 1.29 is 14.5 Å². The van der Waals surface area contributed by atoms with E-state index in [0.29, 0.717) is 35.2 Å². The van der Waals surface area contributed by atoms with E-state index in [-0.39, 0.29) is 17.3 Å². The molecule has 0 bridgehead atoms. The lowest BCUT2D eigenvalue weighted by atomic mass is 10.1. The number of hydrogen-bond donors (Lipinski definition) is 0. The summed E-state index contributed by atoms with van der Waals surface area (Å²) in [6.45, 7) is 2.45. The summed E-state index contributed by atoms with van der Waals surface area (Å²) in [7, 11) is 1.57. The standard InChI is InChI=1S/C19H18N6O4S/c1-12-3-6-17(29-2)16(9-12)24-19(20-21-22-24)30-11-18(26)23-8-7-13-10-14(25(27)28)4-5-15(13)23/h3-6,9-10H,7-8,11H2,1-2H3. The van der Waals surface area contributed by atoms with Crippen LogP contribution in [0.25, 0.3) is 5.69 Å². The molecule has 0 unspecified atom stereocenters. The van der Waals surface area contributed by atoms with E-state index >= 15 is 0 Å². The van der Waals surface area contributed by atoms with Crippen LogP contribution in [0.4, 0.5) is 11.4 Å². The SMILES string of the molecule is COc1ccc(C)cc1-n1nnnc1SCC(=O)N1CCc2cc([N+](=O)[O-])ccc21. The van der Waals surface area contributed by atoms with Crippen LogP contribution in [0.5, 0.6) is 5.75 Å². The summed E-state index contributed by atoms with van der Waals surface area (Å²) in [5, 5.41) is 23.2. The highest BCUT2D eigenvalue weighted by atomic mass is 32.2. The lowest BCUT2D eigenvalue weighted by Crippen LogP contribution is -2.30. The molecular weight excluding hydrogens is 408 g/mol. The molecule has 1 amide bonds. The van der Waals surface area contributed by atoms with Crippen molar-refractivity contribution in [3.05, 3.63) is 57.6 Å². The van der Waals surface area contributed by atoms with Gasteiger partial charge in [0.15, 0.2) is 0 Å². The topological polar surface area (TPSA) is 116 Å². The molecule has 30 heavy (non-hydrogen) atoms. The molecule has 0 radical (unpaired) electrons. The predicted octanol–water partition coefficient (Wildman–Crippen LogP) is 2.57. The number of amides is 1. The van der Waals surface area contributed by atoms with Crippen molar-refractivity contribution in [1.29, 1.82) is 0 Å². The van der Waals surface area contributed by atoms with E-state index in [0.717, 1.165) is 11.1 Å². The van der Waals surface area contributed by atoms with Crippen LogP contribution in [0.2, 0.25) is 0 Å².